The monoisotopic (exact) mass is 257 g/mol. The Morgan fingerprint density at radius 2 is 1.95 bits per heavy atom. The minimum Gasteiger partial charge on any atom is -0.454 e. The van der Waals surface area contributed by atoms with Crippen LogP contribution in [-0.2, 0) is 0 Å². The molecule has 19 heavy (non-hydrogen) atoms. The number of fused-ring (bicyclic) bond motifs is 1. The molecule has 98 valence electrons. The molecule has 0 aliphatic carbocycles. The Hall–Kier alpha value is -2.30. The fraction of sp³-hybridized carbons (Fsp3) is 0.286. The van der Waals surface area contributed by atoms with Crippen molar-refractivity contribution in [1.29, 1.82) is 0 Å². The lowest BCUT2D eigenvalue weighted by Crippen LogP contribution is -2.10. The number of rotatable bonds is 3. The molecule has 0 amide bonds. The summed E-state index contributed by atoms with van der Waals surface area (Å²) in [5, 5.41) is 3.39. The van der Waals surface area contributed by atoms with Gasteiger partial charge in [-0.3, -0.25) is 9.97 Å². The lowest BCUT2D eigenvalue weighted by molar-refractivity contribution is 0.174. The van der Waals surface area contributed by atoms with Crippen molar-refractivity contribution >= 4 is 5.69 Å². The standard InChI is InChI=1S/C14H15N3O2/c1-9-14(16-6-5-15-9)10(2)17-11-3-4-12-13(7-11)19-8-18-12/h3-7,10,17H,8H2,1-2H3. The molecule has 0 saturated heterocycles. The summed E-state index contributed by atoms with van der Waals surface area (Å²) >= 11 is 0. The molecule has 0 radical (unpaired) electrons. The summed E-state index contributed by atoms with van der Waals surface area (Å²) in [6.07, 6.45) is 3.41. The molecule has 1 N–H and O–H groups in total. The highest BCUT2D eigenvalue weighted by Gasteiger charge is 2.15. The largest absolute Gasteiger partial charge is 0.454 e. The number of nitrogens with one attached hydrogen (secondary N) is 1. The summed E-state index contributed by atoms with van der Waals surface area (Å²) in [4.78, 5) is 8.62. The molecule has 1 aromatic carbocycles. The van der Waals surface area contributed by atoms with Crippen molar-refractivity contribution in [2.24, 2.45) is 0 Å². The van der Waals surface area contributed by atoms with Crippen molar-refractivity contribution in [3.63, 3.8) is 0 Å². The topological polar surface area (TPSA) is 56.3 Å². The van der Waals surface area contributed by atoms with Gasteiger partial charge in [-0.25, -0.2) is 0 Å². The van der Waals surface area contributed by atoms with Gasteiger partial charge in [0.2, 0.25) is 6.79 Å². The van der Waals surface area contributed by atoms with E-state index >= 15 is 0 Å². The molecule has 0 fully saturated rings. The molecule has 2 heterocycles. The second-order valence-corrected chi connectivity index (χ2v) is 4.46. The lowest BCUT2D eigenvalue weighted by atomic mass is 10.1. The van der Waals surface area contributed by atoms with E-state index in [0.29, 0.717) is 0 Å². The Morgan fingerprint density at radius 1 is 1.16 bits per heavy atom. The molecule has 1 aliphatic heterocycles. The first-order chi connectivity index (χ1) is 9.24. The highest BCUT2D eigenvalue weighted by Crippen LogP contribution is 2.35. The molecule has 5 heteroatoms. The molecule has 0 bridgehead atoms. The molecule has 5 nitrogen and oxygen atoms in total. The van der Waals surface area contributed by atoms with Crippen LogP contribution in [0.1, 0.15) is 24.4 Å². The Morgan fingerprint density at radius 3 is 2.79 bits per heavy atom. The van der Waals surface area contributed by atoms with Crippen LogP contribution in [0.2, 0.25) is 0 Å². The molecule has 1 unspecified atom stereocenters. The molecular formula is C14H15N3O2. The van der Waals surface area contributed by atoms with Crippen LogP contribution in [0.25, 0.3) is 0 Å². The maximum Gasteiger partial charge on any atom is 0.231 e. The van der Waals surface area contributed by atoms with E-state index in [1.807, 2.05) is 25.1 Å². The van der Waals surface area contributed by atoms with Crippen molar-refractivity contribution < 1.29 is 9.47 Å². The lowest BCUT2D eigenvalue weighted by Gasteiger charge is -2.16. The third-order valence-corrected chi connectivity index (χ3v) is 3.09. The van der Waals surface area contributed by atoms with Gasteiger partial charge < -0.3 is 14.8 Å². The summed E-state index contributed by atoms with van der Waals surface area (Å²) in [5.74, 6) is 1.56. The summed E-state index contributed by atoms with van der Waals surface area (Å²) in [5.41, 5.74) is 2.85. The predicted molar refractivity (Wildman–Crippen MR) is 71.4 cm³/mol. The summed E-state index contributed by atoms with van der Waals surface area (Å²) < 4.78 is 10.6. The van der Waals surface area contributed by atoms with Gasteiger partial charge in [0.1, 0.15) is 0 Å². The van der Waals surface area contributed by atoms with Crippen LogP contribution in [0.4, 0.5) is 5.69 Å². The van der Waals surface area contributed by atoms with Crippen LogP contribution in [0, 0.1) is 6.92 Å². The van der Waals surface area contributed by atoms with Gasteiger partial charge in [0, 0.05) is 24.1 Å². The van der Waals surface area contributed by atoms with Crippen LogP contribution >= 0.6 is 0 Å². The molecule has 1 aromatic heterocycles. The van der Waals surface area contributed by atoms with E-state index in [2.05, 4.69) is 22.2 Å². The minimum absolute atomic E-state index is 0.0778. The van der Waals surface area contributed by atoms with Crippen LogP contribution in [0.15, 0.2) is 30.6 Å². The molecule has 3 rings (SSSR count). The third kappa shape index (κ3) is 2.31. The highest BCUT2D eigenvalue weighted by molar-refractivity contribution is 5.56. The Labute approximate surface area is 111 Å². The molecule has 2 aromatic rings. The second kappa shape index (κ2) is 4.76. The quantitative estimate of drug-likeness (QED) is 0.916. The first kappa shape index (κ1) is 11.8. The van der Waals surface area contributed by atoms with Gasteiger partial charge in [0.05, 0.1) is 17.4 Å². The first-order valence-electron chi connectivity index (χ1n) is 6.18. The molecular weight excluding hydrogens is 242 g/mol. The maximum atomic E-state index is 5.36. The zero-order chi connectivity index (χ0) is 13.2. The molecule has 0 spiro atoms. The SMILES string of the molecule is Cc1nccnc1C(C)Nc1ccc2c(c1)OCO2. The minimum atomic E-state index is 0.0778. The van der Waals surface area contributed by atoms with Gasteiger partial charge in [-0.1, -0.05) is 0 Å². The zero-order valence-corrected chi connectivity index (χ0v) is 10.9. The Kier molecular flexibility index (Phi) is 2.95. The Bertz CT molecular complexity index is 601. The van der Waals surface area contributed by atoms with E-state index in [1.54, 1.807) is 12.4 Å². The summed E-state index contributed by atoms with van der Waals surface area (Å²) in [6.45, 7) is 4.30. The summed E-state index contributed by atoms with van der Waals surface area (Å²) in [6, 6.07) is 5.88. The van der Waals surface area contributed by atoms with Gasteiger partial charge in [0.25, 0.3) is 0 Å². The number of hydrogen-bond donors (Lipinski definition) is 1. The molecule has 1 atom stereocenters. The van der Waals surface area contributed by atoms with E-state index in [9.17, 15) is 0 Å². The van der Waals surface area contributed by atoms with Gasteiger partial charge in [-0.05, 0) is 26.0 Å². The molecule has 0 saturated carbocycles. The van der Waals surface area contributed by atoms with E-state index < -0.39 is 0 Å². The van der Waals surface area contributed by atoms with Crippen molar-refractivity contribution in [1.82, 2.24) is 9.97 Å². The van der Waals surface area contributed by atoms with Gasteiger partial charge in [0.15, 0.2) is 11.5 Å². The van der Waals surface area contributed by atoms with Crippen LogP contribution in [-0.4, -0.2) is 16.8 Å². The number of aryl methyl sites for hydroxylation is 1. The maximum absolute atomic E-state index is 5.36. The van der Waals surface area contributed by atoms with Crippen molar-refractivity contribution in [2.45, 2.75) is 19.9 Å². The number of nitrogens with zero attached hydrogens (tertiary/aromatic N) is 2. The number of anilines is 1. The Balaban J connectivity index is 1.80. The van der Waals surface area contributed by atoms with Crippen molar-refractivity contribution in [3.8, 4) is 11.5 Å². The van der Waals surface area contributed by atoms with Gasteiger partial charge in [-0.2, -0.15) is 0 Å². The number of hydrogen-bond acceptors (Lipinski definition) is 5. The first-order valence-corrected chi connectivity index (χ1v) is 6.18. The number of benzene rings is 1. The average Bonchev–Trinajstić information content (AvgIpc) is 2.86. The van der Waals surface area contributed by atoms with E-state index in [1.165, 1.54) is 0 Å². The van der Waals surface area contributed by atoms with Crippen LogP contribution in [0.5, 0.6) is 11.5 Å². The smallest absolute Gasteiger partial charge is 0.231 e. The average molecular weight is 257 g/mol. The van der Waals surface area contributed by atoms with Crippen LogP contribution < -0.4 is 14.8 Å². The third-order valence-electron chi connectivity index (χ3n) is 3.09. The van der Waals surface area contributed by atoms with E-state index in [-0.39, 0.29) is 12.8 Å². The summed E-state index contributed by atoms with van der Waals surface area (Å²) in [7, 11) is 0. The van der Waals surface area contributed by atoms with Gasteiger partial charge >= 0.3 is 0 Å². The van der Waals surface area contributed by atoms with Crippen LogP contribution in [0.3, 0.4) is 0 Å². The van der Waals surface area contributed by atoms with Crippen molar-refractivity contribution in [3.05, 3.63) is 42.0 Å². The fourth-order valence-corrected chi connectivity index (χ4v) is 2.15. The van der Waals surface area contributed by atoms with E-state index in [0.717, 1.165) is 28.6 Å². The molecule has 1 aliphatic rings. The van der Waals surface area contributed by atoms with Gasteiger partial charge in [-0.15, -0.1) is 0 Å². The number of ether oxygens (including phenoxy) is 2. The zero-order valence-electron chi connectivity index (χ0n) is 10.9. The van der Waals surface area contributed by atoms with Crippen molar-refractivity contribution in [2.75, 3.05) is 12.1 Å². The predicted octanol–water partition coefficient (Wildman–Crippen LogP) is 2.69. The fourth-order valence-electron chi connectivity index (χ4n) is 2.15. The normalized spacial score (nSPS) is 14.2. The van der Waals surface area contributed by atoms with E-state index in [4.69, 9.17) is 9.47 Å². The number of aromatic nitrogens is 2. The second-order valence-electron chi connectivity index (χ2n) is 4.46. The highest BCUT2D eigenvalue weighted by atomic mass is 16.7.